The number of hydrogen-bond acceptors (Lipinski definition) is 18. The van der Waals surface area contributed by atoms with Crippen LogP contribution in [-0.4, -0.2) is 149 Å². The molecule has 17 atom stereocenters. The summed E-state index contributed by atoms with van der Waals surface area (Å²) in [5.74, 6) is -1.89. The predicted molar refractivity (Wildman–Crippen MR) is 251 cm³/mol. The van der Waals surface area contributed by atoms with E-state index in [4.69, 9.17) is 51.6 Å². The van der Waals surface area contributed by atoms with Crippen LogP contribution >= 0.6 is 0 Å². The first-order chi connectivity index (χ1) is 35.0. The molecule has 22 nitrogen and oxygen atoms in total. The van der Waals surface area contributed by atoms with Crippen LogP contribution in [0.2, 0.25) is 0 Å². The zero-order valence-electron chi connectivity index (χ0n) is 40.7. The molecule has 394 valence electrons. The minimum atomic E-state index is -4.45. The highest BCUT2D eigenvalue weighted by Gasteiger charge is 2.61. The van der Waals surface area contributed by atoms with E-state index in [-0.39, 0.29) is 37.7 Å². The molecule has 9 unspecified atom stereocenters. The van der Waals surface area contributed by atoms with Crippen molar-refractivity contribution in [1.29, 1.82) is 0 Å². The zero-order chi connectivity index (χ0) is 51.6. The summed E-state index contributed by atoms with van der Waals surface area (Å²) in [7, 11) is -2.92. The summed E-state index contributed by atoms with van der Waals surface area (Å²) < 4.78 is 94.5. The van der Waals surface area contributed by atoms with Crippen molar-refractivity contribution in [2.24, 2.45) is 11.8 Å². The molecule has 1 saturated carbocycles. The number of ether oxygens (including phenoxy) is 10. The SMILES string of the molecule is CCC1O[C@H](OC2O[C@H]3CC(C)[C@@H](O[C@@H]4C(NC(=O)OCc5ccccc5)C[C@@H](NC(=O)OCc5ccccc5)C(OC(=O)c5ccccc5)[C@H]4OS(C)(=O)=O)OC3C3OC(=O)N(C)C23)C(C)[C@H]2OC(=O)N[C@H]12. The van der Waals surface area contributed by atoms with Crippen molar-refractivity contribution in [2.75, 3.05) is 13.3 Å². The van der Waals surface area contributed by atoms with Crippen LogP contribution in [0.25, 0.3) is 0 Å². The van der Waals surface area contributed by atoms with E-state index in [9.17, 15) is 32.4 Å². The van der Waals surface area contributed by atoms with Crippen LogP contribution in [0.5, 0.6) is 0 Å². The van der Waals surface area contributed by atoms with Gasteiger partial charge in [0, 0.05) is 18.9 Å². The second-order valence-electron chi connectivity index (χ2n) is 19.1. The lowest BCUT2D eigenvalue weighted by molar-refractivity contribution is -0.368. The summed E-state index contributed by atoms with van der Waals surface area (Å²) in [4.78, 5) is 68.4. The average Bonchev–Trinajstić information content (AvgIpc) is 3.92. The number of nitrogens with one attached hydrogen (secondary N) is 3. The fourth-order valence-corrected chi connectivity index (χ4v) is 11.0. The first-order valence-electron chi connectivity index (χ1n) is 24.3. The van der Waals surface area contributed by atoms with E-state index in [0.29, 0.717) is 17.5 Å². The Bertz CT molecular complexity index is 2550. The highest BCUT2D eigenvalue weighted by molar-refractivity contribution is 7.86. The molecule has 5 heterocycles. The molecule has 5 saturated heterocycles. The number of amides is 4. The van der Waals surface area contributed by atoms with Gasteiger partial charge in [-0.2, -0.15) is 8.42 Å². The van der Waals surface area contributed by atoms with E-state index in [1.54, 1.807) is 79.7 Å². The van der Waals surface area contributed by atoms with Gasteiger partial charge >= 0.3 is 30.3 Å². The van der Waals surface area contributed by atoms with Gasteiger partial charge < -0.3 is 63.3 Å². The van der Waals surface area contributed by atoms with E-state index in [1.807, 2.05) is 19.9 Å². The molecule has 3 aromatic carbocycles. The zero-order valence-corrected chi connectivity index (χ0v) is 41.5. The summed E-state index contributed by atoms with van der Waals surface area (Å²) >= 11 is 0. The van der Waals surface area contributed by atoms with Crippen molar-refractivity contribution < 1.29 is 83.9 Å². The molecule has 3 aromatic rings. The topological polar surface area (TPSA) is 260 Å². The Hall–Kier alpha value is -6.08. The summed E-state index contributed by atoms with van der Waals surface area (Å²) in [5, 5.41) is 8.34. The van der Waals surface area contributed by atoms with Crippen LogP contribution in [0.4, 0.5) is 19.2 Å². The van der Waals surface area contributed by atoms with Gasteiger partial charge in [0.25, 0.3) is 10.1 Å². The number of carbonyl (C=O) groups excluding carboxylic acids is 5. The van der Waals surface area contributed by atoms with Gasteiger partial charge in [0.15, 0.2) is 31.1 Å². The third kappa shape index (κ3) is 11.8. The number of nitrogens with zero attached hydrogens (tertiary/aromatic N) is 1. The highest BCUT2D eigenvalue weighted by Crippen LogP contribution is 2.44. The largest absolute Gasteiger partial charge is 0.454 e. The van der Waals surface area contributed by atoms with Gasteiger partial charge in [-0.1, -0.05) is 99.6 Å². The summed E-state index contributed by atoms with van der Waals surface area (Å²) in [5.41, 5.74) is 1.45. The van der Waals surface area contributed by atoms with Crippen molar-refractivity contribution in [2.45, 2.75) is 145 Å². The quantitative estimate of drug-likeness (QED) is 0.108. The molecule has 0 aromatic heterocycles. The minimum absolute atomic E-state index is 0.103. The van der Waals surface area contributed by atoms with Crippen LogP contribution in [0.1, 0.15) is 61.5 Å². The molecule has 4 amide bonds. The van der Waals surface area contributed by atoms with Crippen molar-refractivity contribution in [3.63, 3.8) is 0 Å². The molecule has 73 heavy (non-hydrogen) atoms. The molecule has 6 aliphatic rings. The number of alkyl carbamates (subject to hydrolysis) is 3. The normalized spacial score (nSPS) is 34.6. The second kappa shape index (κ2) is 22.2. The maximum absolute atomic E-state index is 13.9. The Labute approximate surface area is 421 Å². The monoisotopic (exact) mass is 1040 g/mol. The van der Waals surface area contributed by atoms with Crippen LogP contribution in [0.3, 0.4) is 0 Å². The summed E-state index contributed by atoms with van der Waals surface area (Å²) in [6.07, 6.45) is -13.6. The lowest BCUT2D eigenvalue weighted by atomic mass is 9.83. The van der Waals surface area contributed by atoms with E-state index >= 15 is 0 Å². The first kappa shape index (κ1) is 51.8. The Morgan fingerprint density at radius 1 is 0.712 bits per heavy atom. The van der Waals surface area contributed by atoms with Gasteiger partial charge in [-0.3, -0.25) is 9.08 Å². The maximum atomic E-state index is 13.9. The number of likely N-dealkylation sites (N-methyl/N-ethyl adjacent to an activating group) is 1. The Balaban J connectivity index is 1.01. The number of carbonyl (C=O) groups is 5. The van der Waals surface area contributed by atoms with Gasteiger partial charge in [-0.15, -0.1) is 0 Å². The highest BCUT2D eigenvalue weighted by atomic mass is 32.2. The number of esters is 1. The fourth-order valence-electron chi connectivity index (χ4n) is 10.4. The molecule has 0 bridgehead atoms. The van der Waals surface area contributed by atoms with E-state index in [0.717, 1.165) is 6.26 Å². The van der Waals surface area contributed by atoms with Gasteiger partial charge in [0.2, 0.25) is 0 Å². The van der Waals surface area contributed by atoms with Gasteiger partial charge in [0.05, 0.1) is 42.2 Å². The number of rotatable bonds is 15. The molecule has 0 radical (unpaired) electrons. The molecule has 6 fully saturated rings. The molecule has 5 aliphatic heterocycles. The molecular formula is C50H60N4O18S. The van der Waals surface area contributed by atoms with Crippen LogP contribution < -0.4 is 16.0 Å². The first-order valence-corrected chi connectivity index (χ1v) is 26.1. The van der Waals surface area contributed by atoms with Crippen molar-refractivity contribution in [1.82, 2.24) is 20.9 Å². The number of fused-ring (bicyclic) bond motifs is 4. The average molecular weight is 1040 g/mol. The van der Waals surface area contributed by atoms with Gasteiger partial charge in [-0.25, -0.2) is 24.0 Å². The molecule has 1 aliphatic carbocycles. The second-order valence-corrected chi connectivity index (χ2v) is 20.7. The molecular weight excluding hydrogens is 977 g/mol. The molecule has 0 spiro atoms. The third-order valence-corrected chi connectivity index (χ3v) is 14.5. The van der Waals surface area contributed by atoms with E-state index in [2.05, 4.69) is 16.0 Å². The summed E-state index contributed by atoms with van der Waals surface area (Å²) in [6.45, 7) is 5.28. The molecule has 23 heteroatoms. The number of hydrogen-bond donors (Lipinski definition) is 3. The van der Waals surface area contributed by atoms with Crippen molar-refractivity contribution >= 4 is 40.5 Å². The van der Waals surface area contributed by atoms with Crippen LogP contribution in [0, 0.1) is 11.8 Å². The smallest absolute Gasteiger partial charge is 0.410 e. The Morgan fingerprint density at radius 3 is 1.92 bits per heavy atom. The predicted octanol–water partition coefficient (Wildman–Crippen LogP) is 4.50. The Kier molecular flexibility index (Phi) is 15.7. The standard InChI is InChI=1S/C50H60N4O18S/c1-6-33-35-37(69-49(58)53-35)27(3)45(64-33)71-46-36-41(70-50(59)54(36)4)40-34(65-46)22-26(2)44(68-40)67-39-32(52-48(57)63-25-29-18-12-8-13-19-29)23-31(51-47(56)62-24-28-16-10-7-11-17-28)38(42(39)72-73(5,60)61)66-43(55)30-20-14-9-15-21-30/h7-21,26-27,31-42,44-46H,6,22-25H2,1-5H3,(H,51,56)(H,52,57)(H,53,58)/t26?,27?,31-,32?,33?,34+,35-,36?,37-,38?,39-,40?,41?,42-,44+,45-,46?/m1/s1. The lowest BCUT2D eigenvalue weighted by Gasteiger charge is -2.51. The third-order valence-electron chi connectivity index (χ3n) is 14.0. The van der Waals surface area contributed by atoms with Gasteiger partial charge in [-0.05, 0) is 42.5 Å². The minimum Gasteiger partial charge on any atom is -0.454 e. The van der Waals surface area contributed by atoms with Gasteiger partial charge in [0.1, 0.15) is 43.7 Å². The Morgan fingerprint density at radius 2 is 1.32 bits per heavy atom. The van der Waals surface area contributed by atoms with E-state index in [1.165, 1.54) is 24.1 Å². The van der Waals surface area contributed by atoms with Crippen molar-refractivity contribution in [3.05, 3.63) is 108 Å². The van der Waals surface area contributed by atoms with E-state index < -0.39 is 138 Å². The molecule has 9 rings (SSSR count). The molecule has 3 N–H and O–H groups in total. The lowest BCUT2D eigenvalue weighted by Crippen LogP contribution is -2.69. The summed E-state index contributed by atoms with van der Waals surface area (Å²) in [6, 6.07) is 21.9. The fraction of sp³-hybridized carbons (Fsp3) is 0.540. The van der Waals surface area contributed by atoms with Crippen molar-refractivity contribution in [3.8, 4) is 0 Å². The maximum Gasteiger partial charge on any atom is 0.410 e. The van der Waals surface area contributed by atoms with Crippen LogP contribution in [-0.2, 0) is 74.9 Å². The number of benzene rings is 3. The van der Waals surface area contributed by atoms with Crippen LogP contribution in [0.15, 0.2) is 91.0 Å².